The van der Waals surface area contributed by atoms with Gasteiger partial charge in [0.2, 0.25) is 5.91 Å². The minimum Gasteiger partial charge on any atom is -0.497 e. The number of nitrogens with zero attached hydrogens (tertiary/aromatic N) is 1. The lowest BCUT2D eigenvalue weighted by molar-refractivity contribution is -0.121. The number of hydrogen-bond donors (Lipinski definition) is 1. The molecular formula is C20H32N2O3. The smallest absolute Gasteiger partial charge is 0.220 e. The minimum absolute atomic E-state index is 0.148. The second-order valence-corrected chi connectivity index (χ2v) is 6.92. The molecule has 5 heteroatoms. The third-order valence-electron chi connectivity index (χ3n) is 4.85. The number of benzene rings is 1. The van der Waals surface area contributed by atoms with Crippen molar-refractivity contribution in [3.8, 4) is 11.5 Å². The van der Waals surface area contributed by atoms with E-state index in [1.54, 1.807) is 7.11 Å². The first-order valence-corrected chi connectivity index (χ1v) is 9.38. The first-order chi connectivity index (χ1) is 12.0. The van der Waals surface area contributed by atoms with E-state index in [2.05, 4.69) is 31.0 Å². The molecule has 1 aliphatic rings. The second-order valence-electron chi connectivity index (χ2n) is 6.92. The summed E-state index contributed by atoms with van der Waals surface area (Å²) in [6, 6.07) is 5.98. The number of carbonyl (C=O) groups excluding carboxylic acids is 1. The quantitative estimate of drug-likeness (QED) is 0.784. The van der Waals surface area contributed by atoms with Gasteiger partial charge in [0, 0.05) is 38.2 Å². The lowest BCUT2D eigenvalue weighted by Gasteiger charge is -2.23. The highest BCUT2D eigenvalue weighted by Crippen LogP contribution is 2.29. The van der Waals surface area contributed by atoms with Crippen molar-refractivity contribution < 1.29 is 14.3 Å². The third-order valence-corrected chi connectivity index (χ3v) is 4.85. The Kier molecular flexibility index (Phi) is 7.56. The molecule has 1 aromatic carbocycles. The van der Waals surface area contributed by atoms with E-state index >= 15 is 0 Å². The molecule has 140 valence electrons. The SMILES string of the molecule is CC[C@H](C)CC(=O)NCCN1Cc2cc(OC)ccc2O[C@@H](CC)C1. The Bertz CT molecular complexity index is 562. The van der Waals surface area contributed by atoms with Gasteiger partial charge in [-0.05, 0) is 30.5 Å². The van der Waals surface area contributed by atoms with Crippen LogP contribution in [0.4, 0.5) is 0 Å². The Hall–Kier alpha value is -1.75. The van der Waals surface area contributed by atoms with Crippen LogP contribution in [0.2, 0.25) is 0 Å². The van der Waals surface area contributed by atoms with Crippen LogP contribution >= 0.6 is 0 Å². The van der Waals surface area contributed by atoms with Crippen LogP contribution < -0.4 is 14.8 Å². The van der Waals surface area contributed by atoms with Crippen molar-refractivity contribution in [1.29, 1.82) is 0 Å². The summed E-state index contributed by atoms with van der Waals surface area (Å²) in [5.41, 5.74) is 1.14. The predicted octanol–water partition coefficient (Wildman–Crippen LogP) is 3.22. The predicted molar refractivity (Wildman–Crippen MR) is 100 cm³/mol. The van der Waals surface area contributed by atoms with Crippen molar-refractivity contribution in [3.05, 3.63) is 23.8 Å². The van der Waals surface area contributed by atoms with Gasteiger partial charge in [0.05, 0.1) is 7.11 Å². The van der Waals surface area contributed by atoms with E-state index in [1.807, 2.05) is 18.2 Å². The molecule has 0 aliphatic carbocycles. The van der Waals surface area contributed by atoms with Crippen LogP contribution in [0.15, 0.2) is 18.2 Å². The molecular weight excluding hydrogens is 316 g/mol. The van der Waals surface area contributed by atoms with Crippen molar-refractivity contribution in [2.24, 2.45) is 5.92 Å². The van der Waals surface area contributed by atoms with Crippen LogP contribution in [0.5, 0.6) is 11.5 Å². The monoisotopic (exact) mass is 348 g/mol. The zero-order valence-electron chi connectivity index (χ0n) is 16.0. The average molecular weight is 348 g/mol. The van der Waals surface area contributed by atoms with Crippen LogP contribution in [-0.2, 0) is 11.3 Å². The highest BCUT2D eigenvalue weighted by Gasteiger charge is 2.22. The van der Waals surface area contributed by atoms with Gasteiger partial charge >= 0.3 is 0 Å². The summed E-state index contributed by atoms with van der Waals surface area (Å²) < 4.78 is 11.5. The zero-order chi connectivity index (χ0) is 18.2. The number of rotatable bonds is 8. The Morgan fingerprint density at radius 3 is 2.92 bits per heavy atom. The van der Waals surface area contributed by atoms with Gasteiger partial charge in [-0.25, -0.2) is 0 Å². The Morgan fingerprint density at radius 2 is 2.24 bits per heavy atom. The number of methoxy groups -OCH3 is 1. The van der Waals surface area contributed by atoms with Crippen molar-refractivity contribution in [1.82, 2.24) is 10.2 Å². The van der Waals surface area contributed by atoms with E-state index in [4.69, 9.17) is 9.47 Å². The molecule has 0 saturated carbocycles. The summed E-state index contributed by atoms with van der Waals surface area (Å²) in [6.07, 6.45) is 2.78. The van der Waals surface area contributed by atoms with E-state index in [1.165, 1.54) is 0 Å². The largest absolute Gasteiger partial charge is 0.497 e. The van der Waals surface area contributed by atoms with Crippen LogP contribution in [0.3, 0.4) is 0 Å². The van der Waals surface area contributed by atoms with Crippen LogP contribution in [-0.4, -0.2) is 43.7 Å². The zero-order valence-corrected chi connectivity index (χ0v) is 16.0. The molecule has 0 fully saturated rings. The number of hydrogen-bond acceptors (Lipinski definition) is 4. The third kappa shape index (κ3) is 5.92. The minimum atomic E-state index is 0.148. The number of ether oxygens (including phenoxy) is 2. The van der Waals surface area contributed by atoms with Crippen molar-refractivity contribution in [2.45, 2.75) is 52.7 Å². The Balaban J connectivity index is 1.94. The first kappa shape index (κ1) is 19.6. The molecule has 2 atom stereocenters. The molecule has 1 N–H and O–H groups in total. The standard InChI is InChI=1S/C20H32N2O3/c1-5-15(3)11-20(23)21-9-10-22-13-16-12-18(24-4)7-8-19(16)25-17(6-2)14-22/h7-8,12,15,17H,5-6,9-11,13-14H2,1-4H3,(H,21,23)/t15-,17-/m0/s1. The van der Waals surface area contributed by atoms with Gasteiger partial charge in [-0.2, -0.15) is 0 Å². The number of amides is 1. The molecule has 2 rings (SSSR count). The summed E-state index contributed by atoms with van der Waals surface area (Å²) >= 11 is 0. The normalized spacial score (nSPS) is 18.6. The van der Waals surface area contributed by atoms with Crippen LogP contribution in [0.1, 0.15) is 45.6 Å². The number of nitrogens with one attached hydrogen (secondary N) is 1. The molecule has 0 bridgehead atoms. The van der Waals surface area contributed by atoms with Gasteiger partial charge in [-0.3, -0.25) is 9.69 Å². The van der Waals surface area contributed by atoms with Crippen LogP contribution in [0, 0.1) is 5.92 Å². The summed E-state index contributed by atoms with van der Waals surface area (Å²) in [6.45, 7) is 9.55. The maximum Gasteiger partial charge on any atom is 0.220 e. The fourth-order valence-electron chi connectivity index (χ4n) is 3.00. The van der Waals surface area contributed by atoms with E-state index in [0.29, 0.717) is 18.9 Å². The fourth-order valence-corrected chi connectivity index (χ4v) is 3.00. The van der Waals surface area contributed by atoms with Gasteiger partial charge in [0.25, 0.3) is 0 Å². The average Bonchev–Trinajstić information content (AvgIpc) is 2.79. The lowest BCUT2D eigenvalue weighted by atomic mass is 10.1. The second kappa shape index (κ2) is 9.66. The first-order valence-electron chi connectivity index (χ1n) is 9.38. The summed E-state index contributed by atoms with van der Waals surface area (Å²) in [5, 5.41) is 3.05. The highest BCUT2D eigenvalue weighted by atomic mass is 16.5. The molecule has 5 nitrogen and oxygen atoms in total. The molecule has 1 heterocycles. The van der Waals surface area contributed by atoms with Crippen molar-refractivity contribution in [3.63, 3.8) is 0 Å². The van der Waals surface area contributed by atoms with Gasteiger partial charge in [0.1, 0.15) is 17.6 Å². The van der Waals surface area contributed by atoms with Gasteiger partial charge < -0.3 is 14.8 Å². The van der Waals surface area contributed by atoms with Crippen molar-refractivity contribution >= 4 is 5.91 Å². The highest BCUT2D eigenvalue weighted by molar-refractivity contribution is 5.76. The molecule has 1 aliphatic heterocycles. The molecule has 1 aromatic rings. The summed E-state index contributed by atoms with van der Waals surface area (Å²) in [4.78, 5) is 14.3. The fraction of sp³-hybridized carbons (Fsp3) is 0.650. The van der Waals surface area contributed by atoms with Crippen molar-refractivity contribution in [2.75, 3.05) is 26.7 Å². The van der Waals surface area contributed by atoms with E-state index in [-0.39, 0.29) is 12.0 Å². The molecule has 0 aromatic heterocycles. The topological polar surface area (TPSA) is 50.8 Å². The van der Waals surface area contributed by atoms with E-state index in [0.717, 1.165) is 49.5 Å². The van der Waals surface area contributed by atoms with E-state index < -0.39 is 0 Å². The maximum absolute atomic E-state index is 12.0. The molecule has 0 radical (unpaired) electrons. The molecule has 25 heavy (non-hydrogen) atoms. The van der Waals surface area contributed by atoms with Gasteiger partial charge in [-0.15, -0.1) is 0 Å². The van der Waals surface area contributed by atoms with Gasteiger partial charge in [0.15, 0.2) is 0 Å². The molecule has 0 unspecified atom stereocenters. The number of fused-ring (bicyclic) bond motifs is 1. The lowest BCUT2D eigenvalue weighted by Crippen LogP contribution is -2.38. The van der Waals surface area contributed by atoms with Gasteiger partial charge in [-0.1, -0.05) is 27.2 Å². The maximum atomic E-state index is 12.0. The summed E-state index contributed by atoms with van der Waals surface area (Å²) in [7, 11) is 1.68. The Morgan fingerprint density at radius 1 is 1.44 bits per heavy atom. The number of carbonyl (C=O) groups is 1. The molecule has 0 saturated heterocycles. The molecule has 0 spiro atoms. The Labute approximate surface area is 151 Å². The van der Waals surface area contributed by atoms with E-state index in [9.17, 15) is 4.79 Å². The summed E-state index contributed by atoms with van der Waals surface area (Å²) in [5.74, 6) is 2.37. The van der Waals surface area contributed by atoms with Crippen LogP contribution in [0.25, 0.3) is 0 Å². The molecule has 1 amide bonds.